The first kappa shape index (κ1) is 13.6. The molecule has 0 radical (unpaired) electrons. The van der Waals surface area contributed by atoms with Gasteiger partial charge in [0.1, 0.15) is 0 Å². The van der Waals surface area contributed by atoms with Crippen LogP contribution in [0.4, 0.5) is 5.69 Å². The molecule has 4 aliphatic rings. The topological polar surface area (TPSA) is 6.48 Å². The van der Waals surface area contributed by atoms with Gasteiger partial charge in [0.25, 0.3) is 0 Å². The number of nitrogens with zero attached hydrogens (tertiary/aromatic N) is 2. The molecular formula is C21H24N2. The molecule has 3 aliphatic heterocycles. The Hall–Kier alpha value is -1.80. The highest BCUT2D eigenvalue weighted by atomic mass is 15.4. The first-order chi connectivity index (χ1) is 11.4. The maximum absolute atomic E-state index is 2.73. The van der Waals surface area contributed by atoms with E-state index in [4.69, 9.17) is 0 Å². The summed E-state index contributed by atoms with van der Waals surface area (Å²) in [6.07, 6.45) is 4.00. The van der Waals surface area contributed by atoms with Gasteiger partial charge in [-0.1, -0.05) is 42.5 Å². The highest BCUT2D eigenvalue weighted by Crippen LogP contribution is 2.39. The van der Waals surface area contributed by atoms with Crippen LogP contribution < -0.4 is 4.90 Å². The van der Waals surface area contributed by atoms with Gasteiger partial charge in [0, 0.05) is 37.4 Å². The zero-order chi connectivity index (χ0) is 15.2. The second kappa shape index (κ2) is 5.38. The minimum atomic E-state index is 0.729. The van der Waals surface area contributed by atoms with Crippen molar-refractivity contribution < 1.29 is 0 Å². The number of piperazine rings is 1. The Morgan fingerprint density at radius 1 is 0.870 bits per heavy atom. The van der Waals surface area contributed by atoms with Gasteiger partial charge in [0.2, 0.25) is 0 Å². The van der Waals surface area contributed by atoms with E-state index in [1.54, 1.807) is 11.1 Å². The van der Waals surface area contributed by atoms with Crippen LogP contribution in [0.15, 0.2) is 54.6 Å². The van der Waals surface area contributed by atoms with Crippen molar-refractivity contribution in [2.45, 2.75) is 37.3 Å². The molecule has 2 aromatic rings. The fourth-order valence-corrected chi connectivity index (χ4v) is 5.01. The smallest absolute Gasteiger partial charge is 0.0440 e. The van der Waals surface area contributed by atoms with Crippen LogP contribution in [0.1, 0.15) is 29.9 Å². The van der Waals surface area contributed by atoms with E-state index in [0.717, 1.165) is 18.0 Å². The maximum Gasteiger partial charge on any atom is 0.0440 e. The minimum Gasteiger partial charge on any atom is -0.363 e. The average Bonchev–Trinajstić information content (AvgIpc) is 2.99. The van der Waals surface area contributed by atoms with E-state index in [2.05, 4.69) is 64.4 Å². The maximum atomic E-state index is 2.73. The van der Waals surface area contributed by atoms with Crippen molar-refractivity contribution in [3.05, 3.63) is 65.7 Å². The van der Waals surface area contributed by atoms with Crippen molar-refractivity contribution in [3.8, 4) is 0 Å². The molecule has 3 saturated heterocycles. The molecule has 1 aliphatic carbocycles. The molecule has 3 atom stereocenters. The van der Waals surface area contributed by atoms with E-state index < -0.39 is 0 Å². The Morgan fingerprint density at radius 3 is 2.43 bits per heavy atom. The molecule has 23 heavy (non-hydrogen) atoms. The molecular weight excluding hydrogens is 280 g/mol. The van der Waals surface area contributed by atoms with Crippen molar-refractivity contribution in [1.82, 2.24) is 4.90 Å². The van der Waals surface area contributed by atoms with Crippen LogP contribution in [0.25, 0.3) is 0 Å². The number of hydrogen-bond donors (Lipinski definition) is 0. The van der Waals surface area contributed by atoms with Crippen molar-refractivity contribution >= 4 is 5.69 Å². The number of fused-ring (bicyclic) bond motifs is 3. The van der Waals surface area contributed by atoms with Gasteiger partial charge < -0.3 is 4.90 Å². The first-order valence-electron chi connectivity index (χ1n) is 9.02. The lowest BCUT2D eigenvalue weighted by molar-refractivity contribution is 0.108. The molecule has 2 nitrogen and oxygen atoms in total. The number of para-hydroxylation sites is 1. The van der Waals surface area contributed by atoms with E-state index >= 15 is 0 Å². The zero-order valence-corrected chi connectivity index (χ0v) is 13.6. The summed E-state index contributed by atoms with van der Waals surface area (Å²) in [5.74, 6) is 0.758. The third kappa shape index (κ3) is 2.28. The molecule has 2 bridgehead atoms. The lowest BCUT2D eigenvalue weighted by Crippen LogP contribution is -2.69. The normalized spacial score (nSPS) is 29.2. The third-order valence-electron chi connectivity index (χ3n) is 6.06. The van der Waals surface area contributed by atoms with Crippen LogP contribution in [-0.4, -0.2) is 36.6 Å². The van der Waals surface area contributed by atoms with Gasteiger partial charge in [-0.05, 0) is 48.4 Å². The van der Waals surface area contributed by atoms with Crippen molar-refractivity contribution in [1.29, 1.82) is 0 Å². The Labute approximate surface area is 138 Å². The zero-order valence-electron chi connectivity index (χ0n) is 13.6. The molecule has 118 valence electrons. The summed E-state index contributed by atoms with van der Waals surface area (Å²) in [5.41, 5.74) is 4.62. The molecule has 0 spiro atoms. The predicted octanol–water partition coefficient (Wildman–Crippen LogP) is 3.68. The van der Waals surface area contributed by atoms with E-state index in [9.17, 15) is 0 Å². The second-order valence-corrected chi connectivity index (χ2v) is 7.44. The quantitative estimate of drug-likeness (QED) is 0.853. The molecule has 2 aromatic carbocycles. The summed E-state index contributed by atoms with van der Waals surface area (Å²) in [6, 6.07) is 21.5. The fraction of sp³-hybridized carbons (Fsp3) is 0.429. The van der Waals surface area contributed by atoms with Gasteiger partial charge in [0.15, 0.2) is 0 Å². The standard InChI is InChI=1S/C21H24N2/c1-2-7-18(8-3-1)23-19-12-20(23)15-22(14-19)13-17-11-10-16-6-4-5-9-21(16)17/h1-9,17,19-20H,10-15H2/t17?,19-,20+. The van der Waals surface area contributed by atoms with E-state index in [1.165, 1.54) is 44.6 Å². The molecule has 0 saturated carbocycles. The molecule has 1 unspecified atom stereocenters. The minimum absolute atomic E-state index is 0.729. The largest absolute Gasteiger partial charge is 0.363 e. The fourth-order valence-electron chi connectivity index (χ4n) is 5.01. The summed E-state index contributed by atoms with van der Waals surface area (Å²) in [5, 5.41) is 0. The number of aryl methyl sites for hydroxylation is 1. The van der Waals surface area contributed by atoms with Crippen LogP contribution in [0, 0.1) is 0 Å². The molecule has 0 N–H and O–H groups in total. The van der Waals surface area contributed by atoms with Gasteiger partial charge in [-0.3, -0.25) is 4.90 Å². The monoisotopic (exact) mass is 304 g/mol. The third-order valence-corrected chi connectivity index (χ3v) is 6.06. The number of hydrogen-bond acceptors (Lipinski definition) is 2. The number of piperidine rings is 1. The highest BCUT2D eigenvalue weighted by Gasteiger charge is 2.44. The molecule has 6 rings (SSSR count). The van der Waals surface area contributed by atoms with E-state index in [1.807, 2.05) is 0 Å². The molecule has 3 heterocycles. The summed E-state index contributed by atoms with van der Waals surface area (Å²) < 4.78 is 0. The average molecular weight is 304 g/mol. The summed E-state index contributed by atoms with van der Waals surface area (Å²) in [7, 11) is 0. The second-order valence-electron chi connectivity index (χ2n) is 7.44. The SMILES string of the molecule is c1ccc(N2[C@@H]3C[C@H]2CN(CC2CCc4ccccc42)C3)cc1. The Balaban J connectivity index is 1.27. The first-order valence-corrected chi connectivity index (χ1v) is 9.02. The highest BCUT2D eigenvalue weighted by molar-refractivity contribution is 5.52. The molecule has 0 amide bonds. The van der Waals surface area contributed by atoms with Crippen LogP contribution in [0.2, 0.25) is 0 Å². The summed E-state index contributed by atoms with van der Waals surface area (Å²) in [6.45, 7) is 3.74. The van der Waals surface area contributed by atoms with Crippen LogP contribution in [-0.2, 0) is 6.42 Å². The number of benzene rings is 2. The number of rotatable bonds is 3. The Bertz CT molecular complexity index is 684. The van der Waals surface area contributed by atoms with Crippen molar-refractivity contribution in [2.75, 3.05) is 24.5 Å². The van der Waals surface area contributed by atoms with Gasteiger partial charge >= 0.3 is 0 Å². The van der Waals surface area contributed by atoms with E-state index in [-0.39, 0.29) is 0 Å². The van der Waals surface area contributed by atoms with Gasteiger partial charge in [0.05, 0.1) is 0 Å². The van der Waals surface area contributed by atoms with E-state index in [0.29, 0.717) is 0 Å². The van der Waals surface area contributed by atoms with Gasteiger partial charge in [-0.25, -0.2) is 0 Å². The van der Waals surface area contributed by atoms with Gasteiger partial charge in [-0.2, -0.15) is 0 Å². The molecule has 3 fully saturated rings. The lowest BCUT2D eigenvalue weighted by Gasteiger charge is -2.58. The van der Waals surface area contributed by atoms with Crippen LogP contribution in [0.5, 0.6) is 0 Å². The van der Waals surface area contributed by atoms with Gasteiger partial charge in [-0.15, -0.1) is 0 Å². The Kier molecular flexibility index (Phi) is 3.19. The van der Waals surface area contributed by atoms with Crippen LogP contribution >= 0.6 is 0 Å². The Morgan fingerprint density at radius 2 is 1.61 bits per heavy atom. The predicted molar refractivity (Wildman–Crippen MR) is 95.1 cm³/mol. The van der Waals surface area contributed by atoms with Crippen LogP contribution in [0.3, 0.4) is 0 Å². The summed E-state index contributed by atoms with van der Waals surface area (Å²) in [4.78, 5) is 5.38. The number of anilines is 1. The van der Waals surface area contributed by atoms with Crippen molar-refractivity contribution in [2.24, 2.45) is 0 Å². The van der Waals surface area contributed by atoms with Crippen molar-refractivity contribution in [3.63, 3.8) is 0 Å². The molecule has 2 heteroatoms. The molecule has 0 aromatic heterocycles. The lowest BCUT2D eigenvalue weighted by atomic mass is 9.85. The summed E-state index contributed by atoms with van der Waals surface area (Å²) >= 11 is 0.